The van der Waals surface area contributed by atoms with E-state index in [4.69, 9.17) is 14.0 Å². The van der Waals surface area contributed by atoms with Crippen molar-refractivity contribution in [2.75, 3.05) is 38.1 Å². The van der Waals surface area contributed by atoms with Gasteiger partial charge in [-0.3, -0.25) is 10.2 Å². The maximum Gasteiger partial charge on any atom is 0.494 e. The van der Waals surface area contributed by atoms with E-state index in [0.717, 1.165) is 43.8 Å². The zero-order chi connectivity index (χ0) is 27.9. The Morgan fingerprint density at radius 1 is 0.950 bits per heavy atom. The molecule has 40 heavy (non-hydrogen) atoms. The monoisotopic (exact) mass is 539 g/mol. The molecule has 0 radical (unpaired) electrons. The molecule has 2 N–H and O–H groups in total. The summed E-state index contributed by atoms with van der Waals surface area (Å²) < 4.78 is 18.5. The number of hydrogen-bond acceptors (Lipinski definition) is 6. The first-order valence-electron chi connectivity index (χ1n) is 14.2. The van der Waals surface area contributed by atoms with Gasteiger partial charge in [0.15, 0.2) is 0 Å². The van der Waals surface area contributed by atoms with Crippen LogP contribution in [0.5, 0.6) is 0 Å². The molecule has 0 atom stereocenters. The largest absolute Gasteiger partial charge is 0.494 e. The van der Waals surface area contributed by atoms with E-state index in [-0.39, 0.29) is 12.5 Å². The lowest BCUT2D eigenvalue weighted by molar-refractivity contribution is 0.00578. The Morgan fingerprint density at radius 3 is 2.17 bits per heavy atom. The molecule has 2 heterocycles. The molecular formula is C32H38BN3O4. The van der Waals surface area contributed by atoms with Crippen molar-refractivity contribution in [1.29, 1.82) is 0 Å². The van der Waals surface area contributed by atoms with Crippen molar-refractivity contribution < 1.29 is 18.8 Å². The summed E-state index contributed by atoms with van der Waals surface area (Å²) >= 11 is 0. The van der Waals surface area contributed by atoms with Crippen LogP contribution in [-0.4, -0.2) is 62.1 Å². The average molecular weight is 539 g/mol. The minimum atomic E-state index is -0.518. The standard InChI is InChI=1S/C32H38BN3O4/c1-31(2)32(3,4)40-33(39-31)23-17-22(20-36-15-13-34-14-16-36)18-24(19-23)35-30(37)38-21-29-27-11-7-5-9-25(27)26-10-6-8-12-28(26)29/h5-12,17-19,29,34H,13-16,20-21H2,1-4H3,(H,35,37). The lowest BCUT2D eigenvalue weighted by atomic mass is 9.78. The van der Waals surface area contributed by atoms with Crippen LogP contribution in [0, 0.1) is 0 Å². The number of carbonyl (C=O) groups excluding carboxylic acids is 1. The molecular weight excluding hydrogens is 501 g/mol. The molecule has 8 heteroatoms. The number of rotatable bonds is 6. The minimum absolute atomic E-state index is 0.0116. The van der Waals surface area contributed by atoms with Gasteiger partial charge in [-0.15, -0.1) is 0 Å². The van der Waals surface area contributed by atoms with E-state index >= 15 is 0 Å². The highest BCUT2D eigenvalue weighted by Crippen LogP contribution is 2.44. The zero-order valence-corrected chi connectivity index (χ0v) is 23.8. The molecule has 2 saturated heterocycles. The third-order valence-electron chi connectivity index (χ3n) is 8.75. The molecule has 0 unspecified atom stereocenters. The lowest BCUT2D eigenvalue weighted by Crippen LogP contribution is -2.43. The van der Waals surface area contributed by atoms with E-state index in [1.807, 2.05) is 52.0 Å². The maximum atomic E-state index is 13.1. The Kier molecular flexibility index (Phi) is 7.21. The Bertz CT molecular complexity index is 1340. The summed E-state index contributed by atoms with van der Waals surface area (Å²) in [4.78, 5) is 15.5. The van der Waals surface area contributed by atoms with Gasteiger partial charge in [-0.2, -0.15) is 0 Å². The van der Waals surface area contributed by atoms with Gasteiger partial charge in [0.1, 0.15) is 6.61 Å². The van der Waals surface area contributed by atoms with E-state index < -0.39 is 24.4 Å². The van der Waals surface area contributed by atoms with Crippen molar-refractivity contribution in [3.05, 3.63) is 83.4 Å². The van der Waals surface area contributed by atoms with Crippen LogP contribution in [0.2, 0.25) is 0 Å². The Labute approximate surface area is 237 Å². The number of carbonyl (C=O) groups is 1. The number of piperazine rings is 1. The molecule has 7 nitrogen and oxygen atoms in total. The van der Waals surface area contributed by atoms with Crippen LogP contribution < -0.4 is 16.1 Å². The first-order valence-corrected chi connectivity index (χ1v) is 14.2. The second kappa shape index (κ2) is 10.7. The molecule has 6 rings (SSSR count). The van der Waals surface area contributed by atoms with Gasteiger partial charge < -0.3 is 19.4 Å². The molecule has 0 bridgehead atoms. The van der Waals surface area contributed by atoms with Gasteiger partial charge in [-0.05, 0) is 73.1 Å². The van der Waals surface area contributed by atoms with Crippen LogP contribution >= 0.6 is 0 Å². The zero-order valence-electron chi connectivity index (χ0n) is 23.8. The topological polar surface area (TPSA) is 72.1 Å². The second-order valence-corrected chi connectivity index (χ2v) is 12.0. The third kappa shape index (κ3) is 5.29. The summed E-state index contributed by atoms with van der Waals surface area (Å²) in [5, 5.41) is 6.40. The third-order valence-corrected chi connectivity index (χ3v) is 8.75. The smallest absolute Gasteiger partial charge is 0.448 e. The average Bonchev–Trinajstić information content (AvgIpc) is 3.37. The van der Waals surface area contributed by atoms with E-state index in [1.54, 1.807) is 0 Å². The number of benzene rings is 3. The van der Waals surface area contributed by atoms with Gasteiger partial charge in [0.25, 0.3) is 0 Å². The quantitative estimate of drug-likeness (QED) is 0.441. The van der Waals surface area contributed by atoms with Crippen molar-refractivity contribution in [2.45, 2.75) is 51.4 Å². The maximum absolute atomic E-state index is 13.1. The molecule has 3 aromatic carbocycles. The molecule has 0 aromatic heterocycles. The van der Waals surface area contributed by atoms with Crippen LogP contribution in [0.25, 0.3) is 11.1 Å². The number of anilines is 1. The van der Waals surface area contributed by atoms with Crippen LogP contribution in [-0.2, 0) is 20.6 Å². The fraction of sp³-hybridized carbons (Fsp3) is 0.406. The molecule has 2 aliphatic heterocycles. The summed E-state index contributed by atoms with van der Waals surface area (Å²) in [5.74, 6) is 0.0116. The molecule has 3 aliphatic rings. The normalized spacial score (nSPS) is 19.8. The highest BCUT2D eigenvalue weighted by atomic mass is 16.7. The number of amides is 1. The molecule has 3 aromatic rings. The number of hydrogen-bond donors (Lipinski definition) is 2. The van der Waals surface area contributed by atoms with E-state index in [0.29, 0.717) is 5.69 Å². The van der Waals surface area contributed by atoms with Gasteiger partial charge in [-0.25, -0.2) is 4.79 Å². The SMILES string of the molecule is CC1(C)OB(c2cc(CN3CCNCC3)cc(NC(=O)OCC3c4ccccc4-c4ccccc43)c2)OC1(C)C. The van der Waals surface area contributed by atoms with Crippen molar-refractivity contribution in [1.82, 2.24) is 10.2 Å². The van der Waals surface area contributed by atoms with Crippen LogP contribution in [0.15, 0.2) is 66.7 Å². The molecule has 1 amide bonds. The summed E-state index contributed by atoms with van der Waals surface area (Å²) in [6.45, 7) is 13.2. The molecule has 208 valence electrons. The summed E-state index contributed by atoms with van der Waals surface area (Å²) in [7, 11) is -0.518. The van der Waals surface area contributed by atoms with Crippen molar-refractivity contribution in [2.24, 2.45) is 0 Å². The van der Waals surface area contributed by atoms with Crippen molar-refractivity contribution >= 4 is 24.4 Å². The predicted octanol–water partition coefficient (Wildman–Crippen LogP) is 4.75. The van der Waals surface area contributed by atoms with Crippen molar-refractivity contribution in [3.63, 3.8) is 0 Å². The van der Waals surface area contributed by atoms with Crippen LogP contribution in [0.3, 0.4) is 0 Å². The first kappa shape index (κ1) is 27.0. The second-order valence-electron chi connectivity index (χ2n) is 12.0. The van der Waals surface area contributed by atoms with Gasteiger partial charge >= 0.3 is 13.2 Å². The summed E-state index contributed by atoms with van der Waals surface area (Å²) in [6.07, 6.45) is -0.471. The summed E-state index contributed by atoms with van der Waals surface area (Å²) in [5.41, 5.74) is 6.56. The molecule has 0 saturated carbocycles. The fourth-order valence-electron chi connectivity index (χ4n) is 5.88. The number of nitrogens with zero attached hydrogens (tertiary/aromatic N) is 1. The van der Waals surface area contributed by atoms with Gasteiger partial charge in [0.2, 0.25) is 0 Å². The highest BCUT2D eigenvalue weighted by molar-refractivity contribution is 6.62. The number of nitrogens with one attached hydrogen (secondary N) is 2. The molecule has 2 fully saturated rings. The first-order chi connectivity index (χ1) is 19.2. The van der Waals surface area contributed by atoms with E-state index in [2.05, 4.69) is 58.0 Å². The van der Waals surface area contributed by atoms with Gasteiger partial charge in [-0.1, -0.05) is 54.6 Å². The Morgan fingerprint density at radius 2 is 1.55 bits per heavy atom. The predicted molar refractivity (Wildman–Crippen MR) is 159 cm³/mol. The van der Waals surface area contributed by atoms with Gasteiger partial charge in [0.05, 0.1) is 11.2 Å². The Hall–Kier alpha value is -3.17. The summed E-state index contributed by atoms with van der Waals surface area (Å²) in [6, 6.07) is 22.8. The number of ether oxygens (including phenoxy) is 1. The van der Waals surface area contributed by atoms with Gasteiger partial charge in [0, 0.05) is 44.3 Å². The van der Waals surface area contributed by atoms with Crippen molar-refractivity contribution in [3.8, 4) is 11.1 Å². The number of fused-ring (bicyclic) bond motifs is 3. The Balaban J connectivity index is 1.20. The highest BCUT2D eigenvalue weighted by Gasteiger charge is 2.51. The van der Waals surface area contributed by atoms with E-state index in [9.17, 15) is 4.79 Å². The fourth-order valence-corrected chi connectivity index (χ4v) is 5.88. The molecule has 0 spiro atoms. The van der Waals surface area contributed by atoms with E-state index in [1.165, 1.54) is 22.3 Å². The minimum Gasteiger partial charge on any atom is -0.448 e. The van der Waals surface area contributed by atoms with Crippen LogP contribution in [0.1, 0.15) is 50.3 Å². The lowest BCUT2D eigenvalue weighted by Gasteiger charge is -2.32. The van der Waals surface area contributed by atoms with Crippen LogP contribution in [0.4, 0.5) is 10.5 Å². The molecule has 1 aliphatic carbocycles.